The van der Waals surface area contributed by atoms with Crippen molar-refractivity contribution in [1.29, 1.82) is 0 Å². The van der Waals surface area contributed by atoms with Crippen LogP contribution in [-0.2, 0) is 0 Å². The predicted octanol–water partition coefficient (Wildman–Crippen LogP) is 4.33. The number of nitrogens with zero attached hydrogens (tertiary/aromatic N) is 1. The Hall–Kier alpha value is -0.860. The van der Waals surface area contributed by atoms with Gasteiger partial charge in [0.1, 0.15) is 0 Å². The molecule has 118 valence electrons. The molecule has 0 aromatic heterocycles. The van der Waals surface area contributed by atoms with Crippen molar-refractivity contribution in [3.63, 3.8) is 0 Å². The van der Waals surface area contributed by atoms with E-state index in [0.717, 1.165) is 6.54 Å². The Morgan fingerprint density at radius 3 is 2.52 bits per heavy atom. The number of hydrogen-bond donors (Lipinski definition) is 1. The molecule has 0 saturated carbocycles. The molecule has 0 bridgehead atoms. The minimum Gasteiger partial charge on any atom is -0.309 e. The first-order valence-corrected chi connectivity index (χ1v) is 8.64. The van der Waals surface area contributed by atoms with E-state index in [2.05, 4.69) is 69.2 Å². The van der Waals surface area contributed by atoms with Crippen molar-refractivity contribution in [2.24, 2.45) is 0 Å². The van der Waals surface area contributed by atoms with Gasteiger partial charge >= 0.3 is 0 Å². The molecule has 4 atom stereocenters. The van der Waals surface area contributed by atoms with Crippen LogP contribution in [0.25, 0.3) is 0 Å². The van der Waals surface area contributed by atoms with Gasteiger partial charge in [0.05, 0.1) is 0 Å². The zero-order valence-electron chi connectivity index (χ0n) is 14.4. The van der Waals surface area contributed by atoms with Gasteiger partial charge in [0.15, 0.2) is 0 Å². The number of benzene rings is 1. The Morgan fingerprint density at radius 1 is 1.24 bits per heavy atom. The van der Waals surface area contributed by atoms with Crippen LogP contribution in [0, 0.1) is 0 Å². The second kappa shape index (κ2) is 7.42. The molecule has 1 aromatic carbocycles. The van der Waals surface area contributed by atoms with Gasteiger partial charge in [-0.15, -0.1) is 0 Å². The molecule has 1 aliphatic rings. The predicted molar refractivity (Wildman–Crippen MR) is 91.8 cm³/mol. The lowest BCUT2D eigenvalue weighted by molar-refractivity contribution is 0.119. The number of fused-ring (bicyclic) bond motifs is 1. The van der Waals surface area contributed by atoms with Gasteiger partial charge in [-0.3, -0.25) is 4.90 Å². The van der Waals surface area contributed by atoms with Crippen molar-refractivity contribution in [2.75, 3.05) is 13.6 Å². The molecule has 0 fully saturated rings. The van der Waals surface area contributed by atoms with Crippen LogP contribution in [0.1, 0.15) is 70.0 Å². The van der Waals surface area contributed by atoms with Crippen LogP contribution in [0.5, 0.6) is 0 Å². The third-order valence-electron chi connectivity index (χ3n) is 5.19. The van der Waals surface area contributed by atoms with Crippen LogP contribution in [0.3, 0.4) is 0 Å². The normalized spacial score (nSPS) is 26.7. The first-order chi connectivity index (χ1) is 10.1. The van der Waals surface area contributed by atoms with E-state index in [0.29, 0.717) is 24.0 Å². The summed E-state index contributed by atoms with van der Waals surface area (Å²) in [6, 6.07) is 10.7. The summed E-state index contributed by atoms with van der Waals surface area (Å²) in [6.07, 6.45) is 3.79. The minimum absolute atomic E-state index is 0.465. The molecule has 0 saturated heterocycles. The molecule has 0 aliphatic heterocycles. The van der Waals surface area contributed by atoms with E-state index in [-0.39, 0.29) is 0 Å². The van der Waals surface area contributed by atoms with Crippen molar-refractivity contribution in [3.05, 3.63) is 35.4 Å². The fraction of sp³-hybridized carbons (Fsp3) is 0.684. The largest absolute Gasteiger partial charge is 0.309 e. The van der Waals surface area contributed by atoms with Crippen molar-refractivity contribution >= 4 is 0 Å². The second-order valence-electron chi connectivity index (χ2n) is 6.67. The van der Waals surface area contributed by atoms with Gasteiger partial charge in [0, 0.05) is 18.1 Å². The van der Waals surface area contributed by atoms with Crippen LogP contribution >= 0.6 is 0 Å². The average Bonchev–Trinajstić information content (AvgIpc) is 2.49. The van der Waals surface area contributed by atoms with Crippen LogP contribution in [0.2, 0.25) is 0 Å². The standard InChI is InChI=1S/C19H32N2/c1-6-10-15(4)21(5)18-13-14(3)16-11-8-9-12-17(16)19(18)20-7-2/h8-9,11-12,14-15,18-20H,6-7,10,13H2,1-5H3. The number of rotatable bonds is 6. The van der Waals surface area contributed by atoms with Gasteiger partial charge in [0.25, 0.3) is 0 Å². The van der Waals surface area contributed by atoms with E-state index in [1.54, 1.807) is 0 Å². The van der Waals surface area contributed by atoms with E-state index in [4.69, 9.17) is 0 Å². The first-order valence-electron chi connectivity index (χ1n) is 8.64. The molecule has 21 heavy (non-hydrogen) atoms. The highest BCUT2D eigenvalue weighted by Gasteiger charge is 2.35. The summed E-state index contributed by atoms with van der Waals surface area (Å²) in [5.74, 6) is 0.650. The Kier molecular flexibility index (Phi) is 5.83. The SMILES string of the molecule is CCCC(C)N(C)C1CC(C)c2ccccc2C1NCC. The third kappa shape index (κ3) is 3.49. The van der Waals surface area contributed by atoms with E-state index in [9.17, 15) is 0 Å². The molecular weight excluding hydrogens is 256 g/mol. The highest BCUT2D eigenvalue weighted by molar-refractivity contribution is 5.36. The number of hydrogen-bond acceptors (Lipinski definition) is 2. The second-order valence-corrected chi connectivity index (χ2v) is 6.67. The lowest BCUT2D eigenvalue weighted by Gasteiger charge is -2.44. The molecule has 1 N–H and O–H groups in total. The summed E-state index contributed by atoms with van der Waals surface area (Å²) in [5, 5.41) is 3.75. The summed E-state index contributed by atoms with van der Waals surface area (Å²) in [7, 11) is 2.32. The summed E-state index contributed by atoms with van der Waals surface area (Å²) >= 11 is 0. The van der Waals surface area contributed by atoms with Gasteiger partial charge < -0.3 is 5.32 Å². The van der Waals surface area contributed by atoms with E-state index in [1.165, 1.54) is 30.4 Å². The maximum absolute atomic E-state index is 3.75. The Balaban J connectivity index is 2.29. The molecule has 0 spiro atoms. The maximum atomic E-state index is 3.75. The Labute approximate surface area is 130 Å². The zero-order chi connectivity index (χ0) is 15.4. The Bertz CT molecular complexity index is 443. The van der Waals surface area contributed by atoms with Gasteiger partial charge in [-0.1, -0.05) is 51.5 Å². The highest BCUT2D eigenvalue weighted by atomic mass is 15.2. The van der Waals surface area contributed by atoms with Crippen molar-refractivity contribution in [2.45, 2.75) is 71.0 Å². The zero-order valence-corrected chi connectivity index (χ0v) is 14.4. The van der Waals surface area contributed by atoms with Crippen LogP contribution in [0.15, 0.2) is 24.3 Å². The van der Waals surface area contributed by atoms with Crippen LogP contribution in [-0.4, -0.2) is 30.6 Å². The smallest absolute Gasteiger partial charge is 0.0481 e. The number of nitrogens with one attached hydrogen (secondary N) is 1. The van der Waals surface area contributed by atoms with Crippen molar-refractivity contribution < 1.29 is 0 Å². The molecule has 2 heteroatoms. The molecule has 0 amide bonds. The Morgan fingerprint density at radius 2 is 1.90 bits per heavy atom. The summed E-state index contributed by atoms with van der Waals surface area (Å²) in [4.78, 5) is 2.61. The minimum atomic E-state index is 0.465. The quantitative estimate of drug-likeness (QED) is 0.838. The van der Waals surface area contributed by atoms with E-state index < -0.39 is 0 Å². The lowest BCUT2D eigenvalue weighted by Crippen LogP contribution is -2.49. The number of likely N-dealkylation sites (N-methyl/N-ethyl adjacent to an activating group) is 2. The molecular formula is C19H32N2. The van der Waals surface area contributed by atoms with Crippen LogP contribution < -0.4 is 5.32 Å². The summed E-state index contributed by atoms with van der Waals surface area (Å²) < 4.78 is 0. The third-order valence-corrected chi connectivity index (χ3v) is 5.19. The molecule has 2 rings (SSSR count). The highest BCUT2D eigenvalue weighted by Crippen LogP contribution is 2.40. The molecule has 2 nitrogen and oxygen atoms in total. The molecule has 0 radical (unpaired) electrons. The fourth-order valence-corrected chi connectivity index (χ4v) is 3.89. The monoisotopic (exact) mass is 288 g/mol. The van der Waals surface area contributed by atoms with Gasteiger partial charge in [-0.2, -0.15) is 0 Å². The topological polar surface area (TPSA) is 15.3 Å². The van der Waals surface area contributed by atoms with E-state index >= 15 is 0 Å². The van der Waals surface area contributed by atoms with E-state index in [1.807, 2.05) is 0 Å². The van der Waals surface area contributed by atoms with Gasteiger partial charge in [-0.25, -0.2) is 0 Å². The fourth-order valence-electron chi connectivity index (χ4n) is 3.89. The van der Waals surface area contributed by atoms with Crippen LogP contribution in [0.4, 0.5) is 0 Å². The van der Waals surface area contributed by atoms with Crippen molar-refractivity contribution in [1.82, 2.24) is 10.2 Å². The van der Waals surface area contributed by atoms with Gasteiger partial charge in [-0.05, 0) is 50.4 Å². The summed E-state index contributed by atoms with van der Waals surface area (Å²) in [6.45, 7) is 10.3. The molecule has 1 aliphatic carbocycles. The molecule has 0 heterocycles. The van der Waals surface area contributed by atoms with Crippen molar-refractivity contribution in [3.8, 4) is 0 Å². The molecule has 4 unspecified atom stereocenters. The summed E-state index contributed by atoms with van der Waals surface area (Å²) in [5.41, 5.74) is 3.05. The first kappa shape index (κ1) is 16.5. The lowest BCUT2D eigenvalue weighted by atomic mass is 9.77. The average molecular weight is 288 g/mol. The molecule has 1 aromatic rings. The van der Waals surface area contributed by atoms with Gasteiger partial charge in [0.2, 0.25) is 0 Å². The maximum Gasteiger partial charge on any atom is 0.0481 e.